The van der Waals surface area contributed by atoms with Gasteiger partial charge < -0.3 is 15.2 Å². The quantitative estimate of drug-likeness (QED) is 0.786. The Balaban J connectivity index is 1.24. The van der Waals surface area contributed by atoms with Crippen molar-refractivity contribution in [1.29, 1.82) is 0 Å². The number of nitrogens with zero attached hydrogens (tertiary/aromatic N) is 1. The van der Waals surface area contributed by atoms with E-state index in [0.717, 1.165) is 31.1 Å². The van der Waals surface area contributed by atoms with Crippen LogP contribution in [-0.4, -0.2) is 53.7 Å². The second-order valence-corrected chi connectivity index (χ2v) is 8.56. The van der Waals surface area contributed by atoms with Gasteiger partial charge in [0.25, 0.3) is 5.91 Å². The molecule has 1 atom stereocenters. The number of amides is 1. The Morgan fingerprint density at radius 2 is 1.71 bits per heavy atom. The summed E-state index contributed by atoms with van der Waals surface area (Å²) in [5.41, 5.74) is 0.619. The standard InChI is InChI=1S/C22H30N2O4/c25-21(23-18-5-1-17(2-6-18)22(26)27)16-3-7-20(8-4-16)28-14-19-13-15-9-11-24(19)12-10-15/h3-4,7-8,15,17-19H,1-2,5-6,9-14H2,(H,23,25)(H,26,27). The fourth-order valence-electron chi connectivity index (χ4n) is 4.91. The smallest absolute Gasteiger partial charge is 0.306 e. The molecule has 152 valence electrons. The number of ether oxygens (including phenoxy) is 1. The highest BCUT2D eigenvalue weighted by Crippen LogP contribution is 2.32. The zero-order valence-corrected chi connectivity index (χ0v) is 16.3. The van der Waals surface area contributed by atoms with Gasteiger partial charge in [-0.15, -0.1) is 0 Å². The maximum absolute atomic E-state index is 12.5. The molecule has 0 radical (unpaired) electrons. The van der Waals surface area contributed by atoms with Crippen molar-refractivity contribution in [3.8, 4) is 5.75 Å². The van der Waals surface area contributed by atoms with E-state index in [1.165, 1.54) is 32.4 Å². The molecule has 5 rings (SSSR count). The van der Waals surface area contributed by atoms with Gasteiger partial charge in [0, 0.05) is 17.6 Å². The number of hydrogen-bond donors (Lipinski definition) is 2. The van der Waals surface area contributed by atoms with Gasteiger partial charge in [-0.25, -0.2) is 0 Å². The first-order valence-electron chi connectivity index (χ1n) is 10.6. The number of carboxylic acids is 1. The van der Waals surface area contributed by atoms with Crippen LogP contribution >= 0.6 is 0 Å². The van der Waals surface area contributed by atoms with Crippen LogP contribution in [0.5, 0.6) is 5.75 Å². The van der Waals surface area contributed by atoms with E-state index in [-0.39, 0.29) is 17.9 Å². The number of fused-ring (bicyclic) bond motifs is 3. The predicted molar refractivity (Wildman–Crippen MR) is 105 cm³/mol. The van der Waals surface area contributed by atoms with Crippen LogP contribution in [0, 0.1) is 11.8 Å². The minimum Gasteiger partial charge on any atom is -0.492 e. The summed E-state index contributed by atoms with van der Waals surface area (Å²) in [7, 11) is 0. The third-order valence-electron chi connectivity index (χ3n) is 6.74. The average Bonchev–Trinajstić information content (AvgIpc) is 2.74. The highest BCUT2D eigenvalue weighted by Gasteiger charge is 2.33. The summed E-state index contributed by atoms with van der Waals surface area (Å²) in [6.45, 7) is 3.12. The van der Waals surface area contributed by atoms with Crippen LogP contribution in [0.2, 0.25) is 0 Å². The number of piperidine rings is 3. The number of hydrogen-bond acceptors (Lipinski definition) is 4. The molecule has 4 fully saturated rings. The van der Waals surface area contributed by atoms with Crippen molar-refractivity contribution in [2.24, 2.45) is 11.8 Å². The molecule has 28 heavy (non-hydrogen) atoms. The molecule has 1 aliphatic carbocycles. The van der Waals surface area contributed by atoms with Crippen molar-refractivity contribution in [1.82, 2.24) is 10.2 Å². The predicted octanol–water partition coefficient (Wildman–Crippen LogP) is 2.92. The SMILES string of the molecule is O=C(NC1CCC(C(=O)O)CC1)c1ccc(OCC2CC3CCN2CC3)cc1. The molecule has 6 heteroatoms. The first kappa shape index (κ1) is 19.2. The van der Waals surface area contributed by atoms with Crippen molar-refractivity contribution in [2.75, 3.05) is 19.7 Å². The lowest BCUT2D eigenvalue weighted by Crippen LogP contribution is -2.51. The Labute approximate surface area is 166 Å². The third kappa shape index (κ3) is 4.49. The van der Waals surface area contributed by atoms with E-state index in [2.05, 4.69) is 10.2 Å². The van der Waals surface area contributed by atoms with Crippen molar-refractivity contribution >= 4 is 11.9 Å². The van der Waals surface area contributed by atoms with Crippen molar-refractivity contribution in [2.45, 2.75) is 57.0 Å². The van der Waals surface area contributed by atoms with Gasteiger partial charge in [0.05, 0.1) is 5.92 Å². The summed E-state index contributed by atoms with van der Waals surface area (Å²) in [6.07, 6.45) is 6.62. The van der Waals surface area contributed by atoms with Crippen LogP contribution in [0.25, 0.3) is 0 Å². The molecular weight excluding hydrogens is 356 g/mol. The lowest BCUT2D eigenvalue weighted by Gasteiger charge is -2.45. The van der Waals surface area contributed by atoms with Gasteiger partial charge in [0.1, 0.15) is 12.4 Å². The molecule has 0 spiro atoms. The number of benzene rings is 1. The number of carbonyl (C=O) groups excluding carboxylic acids is 1. The molecule has 3 saturated heterocycles. The van der Waals surface area contributed by atoms with Gasteiger partial charge in [-0.1, -0.05) is 0 Å². The minimum atomic E-state index is -0.724. The summed E-state index contributed by atoms with van der Waals surface area (Å²) in [4.78, 5) is 26.0. The van der Waals surface area contributed by atoms with Gasteiger partial charge in [0.15, 0.2) is 0 Å². The molecule has 2 N–H and O–H groups in total. The lowest BCUT2D eigenvalue weighted by atomic mass is 9.83. The molecule has 2 bridgehead atoms. The summed E-state index contributed by atoms with van der Waals surface area (Å²) < 4.78 is 5.99. The molecule has 0 aromatic heterocycles. The Kier molecular flexibility index (Phi) is 5.85. The molecular formula is C22H30N2O4. The molecule has 1 unspecified atom stereocenters. The monoisotopic (exact) mass is 386 g/mol. The second-order valence-electron chi connectivity index (χ2n) is 8.56. The van der Waals surface area contributed by atoms with Crippen LogP contribution in [0.3, 0.4) is 0 Å². The third-order valence-corrected chi connectivity index (χ3v) is 6.74. The molecule has 1 aromatic carbocycles. The number of rotatable bonds is 6. The van der Waals surface area contributed by atoms with Crippen LogP contribution in [0.4, 0.5) is 0 Å². The topological polar surface area (TPSA) is 78.9 Å². The molecule has 1 saturated carbocycles. The minimum absolute atomic E-state index is 0.0646. The first-order chi connectivity index (χ1) is 13.6. The Bertz CT molecular complexity index is 689. The summed E-state index contributed by atoms with van der Waals surface area (Å²) >= 11 is 0. The van der Waals surface area contributed by atoms with Crippen molar-refractivity contribution in [3.63, 3.8) is 0 Å². The first-order valence-corrected chi connectivity index (χ1v) is 10.6. The van der Waals surface area contributed by atoms with Crippen molar-refractivity contribution in [3.05, 3.63) is 29.8 Å². The molecule has 1 aromatic rings. The van der Waals surface area contributed by atoms with Gasteiger partial charge in [-0.3, -0.25) is 14.5 Å². The zero-order chi connectivity index (χ0) is 19.5. The van der Waals surface area contributed by atoms with Gasteiger partial charge >= 0.3 is 5.97 Å². The normalized spacial score (nSPS) is 31.9. The highest BCUT2D eigenvalue weighted by atomic mass is 16.5. The summed E-state index contributed by atoms with van der Waals surface area (Å²) in [5.74, 6) is 0.593. The highest BCUT2D eigenvalue weighted by molar-refractivity contribution is 5.94. The maximum Gasteiger partial charge on any atom is 0.306 e. The summed E-state index contributed by atoms with van der Waals surface area (Å²) in [5, 5.41) is 12.1. The van der Waals surface area contributed by atoms with E-state index in [4.69, 9.17) is 9.84 Å². The molecule has 3 aliphatic heterocycles. The molecule has 6 nitrogen and oxygen atoms in total. The van der Waals surface area contributed by atoms with E-state index in [9.17, 15) is 9.59 Å². The Hall–Kier alpha value is -2.08. The van der Waals surface area contributed by atoms with Crippen LogP contribution in [0.1, 0.15) is 55.3 Å². The van der Waals surface area contributed by atoms with E-state index in [1.807, 2.05) is 12.1 Å². The van der Waals surface area contributed by atoms with Crippen LogP contribution < -0.4 is 10.1 Å². The molecule has 3 heterocycles. The zero-order valence-electron chi connectivity index (χ0n) is 16.3. The summed E-state index contributed by atoms with van der Waals surface area (Å²) in [6, 6.07) is 7.94. The Morgan fingerprint density at radius 1 is 1.04 bits per heavy atom. The van der Waals surface area contributed by atoms with E-state index in [0.29, 0.717) is 24.4 Å². The van der Waals surface area contributed by atoms with Crippen LogP contribution in [-0.2, 0) is 4.79 Å². The molecule has 1 amide bonds. The average molecular weight is 386 g/mol. The largest absolute Gasteiger partial charge is 0.492 e. The maximum atomic E-state index is 12.5. The van der Waals surface area contributed by atoms with E-state index in [1.54, 1.807) is 12.1 Å². The number of carbonyl (C=O) groups is 2. The second kappa shape index (κ2) is 8.52. The van der Waals surface area contributed by atoms with Crippen molar-refractivity contribution < 1.29 is 19.4 Å². The van der Waals surface area contributed by atoms with Gasteiger partial charge in [-0.05, 0) is 88.2 Å². The van der Waals surface area contributed by atoms with Gasteiger partial charge in [-0.2, -0.15) is 0 Å². The van der Waals surface area contributed by atoms with Gasteiger partial charge in [0.2, 0.25) is 0 Å². The molecule has 4 aliphatic rings. The number of carboxylic acid groups (broad SMARTS) is 1. The fourth-order valence-corrected chi connectivity index (χ4v) is 4.91. The van der Waals surface area contributed by atoms with E-state index >= 15 is 0 Å². The fraction of sp³-hybridized carbons (Fsp3) is 0.636. The Morgan fingerprint density at radius 3 is 2.29 bits per heavy atom. The number of nitrogens with one attached hydrogen (secondary N) is 1. The van der Waals surface area contributed by atoms with E-state index < -0.39 is 5.97 Å². The lowest BCUT2D eigenvalue weighted by molar-refractivity contribution is -0.142. The number of aliphatic carboxylic acids is 1. The van der Waals surface area contributed by atoms with Crippen LogP contribution in [0.15, 0.2) is 24.3 Å².